The highest BCUT2D eigenvalue weighted by molar-refractivity contribution is 7.58. The molecule has 2 atom stereocenters. The third-order valence-electron chi connectivity index (χ3n) is 4.04. The van der Waals surface area contributed by atoms with Gasteiger partial charge in [0.05, 0.1) is 12.3 Å². The zero-order chi connectivity index (χ0) is 20.2. The van der Waals surface area contributed by atoms with Crippen LogP contribution in [-0.2, 0) is 14.1 Å². The Morgan fingerprint density at radius 1 is 1.07 bits per heavy atom. The van der Waals surface area contributed by atoms with Gasteiger partial charge in [-0.15, -0.1) is 0 Å². The molecule has 0 aromatic heterocycles. The number of ether oxygens (including phenoxy) is 1. The lowest BCUT2D eigenvalue weighted by Crippen LogP contribution is -2.37. The Morgan fingerprint density at radius 3 is 2.33 bits per heavy atom. The fraction of sp³-hybridized carbons (Fsp3) is 0.476. The quantitative estimate of drug-likeness (QED) is 0.507. The van der Waals surface area contributed by atoms with Crippen molar-refractivity contribution in [3.8, 4) is 5.75 Å². The molecule has 1 N–H and O–H groups in total. The maximum absolute atomic E-state index is 13.5. The summed E-state index contributed by atoms with van der Waals surface area (Å²) in [5.41, 5.74) is -0.439. The van der Waals surface area contributed by atoms with E-state index in [4.69, 9.17) is 9.26 Å². The van der Waals surface area contributed by atoms with Crippen LogP contribution in [0.3, 0.4) is 0 Å². The monoisotopic (exact) mass is 391 g/mol. The molecule has 0 spiro atoms. The van der Waals surface area contributed by atoms with Gasteiger partial charge in [-0.2, -0.15) is 0 Å². The van der Waals surface area contributed by atoms with Crippen LogP contribution < -0.4 is 9.61 Å². The highest BCUT2D eigenvalue weighted by Gasteiger charge is 2.34. The van der Waals surface area contributed by atoms with E-state index in [-0.39, 0.29) is 11.1 Å². The summed E-state index contributed by atoms with van der Waals surface area (Å²) in [4.78, 5) is 12.3. The fourth-order valence-corrected chi connectivity index (χ4v) is 4.10. The first kappa shape index (κ1) is 21.5. The van der Waals surface area contributed by atoms with Crippen molar-refractivity contribution < 1.29 is 18.6 Å². The summed E-state index contributed by atoms with van der Waals surface area (Å²) in [5, 5.41) is 4.78. The maximum Gasteiger partial charge on any atom is 0.323 e. The van der Waals surface area contributed by atoms with Crippen molar-refractivity contribution in [2.24, 2.45) is 5.41 Å². The van der Waals surface area contributed by atoms with E-state index in [2.05, 4.69) is 5.09 Å². The molecular formula is C21H30NO4P. The Bertz CT molecular complexity index is 836. The van der Waals surface area contributed by atoms with Crippen molar-refractivity contribution in [2.45, 2.75) is 53.2 Å². The molecule has 0 bridgehead atoms. The molecule has 0 heterocycles. The molecule has 0 saturated heterocycles. The van der Waals surface area contributed by atoms with Crippen LogP contribution >= 0.6 is 7.52 Å². The predicted molar refractivity (Wildman–Crippen MR) is 110 cm³/mol. The van der Waals surface area contributed by atoms with E-state index in [0.29, 0.717) is 12.4 Å². The minimum atomic E-state index is -3.34. The molecule has 27 heavy (non-hydrogen) atoms. The van der Waals surface area contributed by atoms with Gasteiger partial charge in [-0.1, -0.05) is 71.0 Å². The number of hydrogen-bond acceptors (Lipinski definition) is 4. The standard InChI is InChI=1S/C21H30NO4P/c1-15(2)27(24,22-16(3)20(23)25-14-21(4,5)6)26-19-13-9-11-17-10-7-8-12-18(17)19/h7-13,15-16H,14H2,1-6H3,(H,22,24)/t16-,27?/m1/s1. The number of fused-ring (bicyclic) bond motifs is 1. The first-order valence-electron chi connectivity index (χ1n) is 9.23. The molecule has 0 radical (unpaired) electrons. The summed E-state index contributed by atoms with van der Waals surface area (Å²) in [6.45, 7) is 11.5. The molecule has 0 aliphatic rings. The minimum absolute atomic E-state index is 0.128. The van der Waals surface area contributed by atoms with Crippen LogP contribution in [0.4, 0.5) is 0 Å². The van der Waals surface area contributed by atoms with E-state index in [1.54, 1.807) is 13.0 Å². The van der Waals surface area contributed by atoms with Gasteiger partial charge in [-0.05, 0) is 23.8 Å². The number of rotatable bonds is 7. The fourth-order valence-electron chi connectivity index (χ4n) is 2.44. The van der Waals surface area contributed by atoms with Crippen molar-refractivity contribution in [2.75, 3.05) is 6.61 Å². The van der Waals surface area contributed by atoms with Crippen LogP contribution in [0, 0.1) is 5.41 Å². The van der Waals surface area contributed by atoms with Crippen LogP contribution in [-0.4, -0.2) is 24.3 Å². The second-order valence-electron chi connectivity index (χ2n) is 8.28. The molecule has 148 valence electrons. The van der Waals surface area contributed by atoms with Crippen molar-refractivity contribution in [3.05, 3.63) is 42.5 Å². The molecule has 0 saturated carbocycles. The SMILES string of the molecule is CC(C)P(=O)(N[C@H](C)C(=O)OCC(C)(C)C)Oc1cccc2ccccc12. The van der Waals surface area contributed by atoms with Crippen molar-refractivity contribution in [1.82, 2.24) is 5.09 Å². The lowest BCUT2D eigenvalue weighted by atomic mass is 9.99. The Labute approximate surface area is 161 Å². The summed E-state index contributed by atoms with van der Waals surface area (Å²) in [5.74, 6) is 0.0974. The average Bonchev–Trinajstić information content (AvgIpc) is 2.59. The van der Waals surface area contributed by atoms with Crippen LogP contribution in [0.2, 0.25) is 0 Å². The summed E-state index contributed by atoms with van der Waals surface area (Å²) < 4.78 is 24.8. The lowest BCUT2D eigenvalue weighted by molar-refractivity contribution is -0.148. The van der Waals surface area contributed by atoms with Crippen LogP contribution in [0.1, 0.15) is 41.5 Å². The molecule has 2 aromatic rings. The number of nitrogens with one attached hydrogen (secondary N) is 1. The molecule has 2 rings (SSSR count). The van der Waals surface area contributed by atoms with Crippen molar-refractivity contribution in [1.29, 1.82) is 0 Å². The zero-order valence-electron chi connectivity index (χ0n) is 17.0. The molecular weight excluding hydrogens is 361 g/mol. The molecule has 0 aliphatic carbocycles. The van der Waals surface area contributed by atoms with E-state index in [1.807, 2.05) is 71.0 Å². The smallest absolute Gasteiger partial charge is 0.323 e. The Morgan fingerprint density at radius 2 is 1.70 bits per heavy atom. The number of esters is 1. The summed E-state index contributed by atoms with van der Waals surface area (Å²) in [6, 6.07) is 12.6. The number of benzene rings is 2. The molecule has 0 amide bonds. The predicted octanol–water partition coefficient (Wildman–Crippen LogP) is 5.39. The lowest BCUT2D eigenvalue weighted by Gasteiger charge is -2.27. The summed E-state index contributed by atoms with van der Waals surface area (Å²) in [7, 11) is -3.34. The molecule has 1 unspecified atom stereocenters. The summed E-state index contributed by atoms with van der Waals surface area (Å²) in [6.07, 6.45) is 0. The first-order chi connectivity index (χ1) is 12.5. The van der Waals surface area contributed by atoms with Crippen molar-refractivity contribution >= 4 is 24.3 Å². The van der Waals surface area contributed by atoms with Gasteiger partial charge < -0.3 is 9.26 Å². The maximum atomic E-state index is 13.5. The topological polar surface area (TPSA) is 64.6 Å². The van der Waals surface area contributed by atoms with Crippen LogP contribution in [0.25, 0.3) is 10.8 Å². The van der Waals surface area contributed by atoms with Crippen molar-refractivity contribution in [3.63, 3.8) is 0 Å². The molecule has 0 aliphatic heterocycles. The van der Waals surface area contributed by atoms with E-state index in [0.717, 1.165) is 10.8 Å². The van der Waals surface area contributed by atoms with Gasteiger partial charge in [-0.3, -0.25) is 9.36 Å². The number of carbonyl (C=O) groups is 1. The van der Waals surface area contributed by atoms with Gasteiger partial charge in [0.1, 0.15) is 11.8 Å². The van der Waals surface area contributed by atoms with Gasteiger partial charge in [0.15, 0.2) is 0 Å². The Hall–Kier alpha value is -1.84. The van der Waals surface area contributed by atoms with Crippen LogP contribution in [0.5, 0.6) is 5.75 Å². The second kappa shape index (κ2) is 8.45. The van der Waals surface area contributed by atoms with Gasteiger partial charge in [-0.25, -0.2) is 5.09 Å². The Balaban J connectivity index is 2.19. The highest BCUT2D eigenvalue weighted by Crippen LogP contribution is 2.49. The van der Waals surface area contributed by atoms with E-state index >= 15 is 0 Å². The number of carbonyl (C=O) groups excluding carboxylic acids is 1. The Kier molecular flexibility index (Phi) is 6.72. The zero-order valence-corrected chi connectivity index (χ0v) is 17.9. The normalized spacial score (nSPS) is 15.4. The van der Waals surface area contributed by atoms with Gasteiger partial charge in [0.2, 0.25) is 0 Å². The van der Waals surface area contributed by atoms with Gasteiger partial charge in [0, 0.05) is 5.39 Å². The van der Waals surface area contributed by atoms with Gasteiger partial charge >= 0.3 is 13.5 Å². The van der Waals surface area contributed by atoms with E-state index < -0.39 is 19.5 Å². The second-order valence-corrected chi connectivity index (χ2v) is 10.9. The summed E-state index contributed by atoms with van der Waals surface area (Å²) >= 11 is 0. The third kappa shape index (κ3) is 5.82. The van der Waals surface area contributed by atoms with E-state index in [9.17, 15) is 9.36 Å². The van der Waals surface area contributed by atoms with E-state index in [1.165, 1.54) is 0 Å². The molecule has 6 heteroatoms. The molecule has 5 nitrogen and oxygen atoms in total. The average molecular weight is 391 g/mol. The van der Waals surface area contributed by atoms with Crippen LogP contribution in [0.15, 0.2) is 42.5 Å². The molecule has 0 fully saturated rings. The number of hydrogen-bond donors (Lipinski definition) is 1. The molecule has 2 aromatic carbocycles. The highest BCUT2D eigenvalue weighted by atomic mass is 31.2. The minimum Gasteiger partial charge on any atom is -0.464 e. The third-order valence-corrected chi connectivity index (χ3v) is 6.61. The first-order valence-corrected chi connectivity index (χ1v) is 10.9. The largest absolute Gasteiger partial charge is 0.464 e. The van der Waals surface area contributed by atoms with Gasteiger partial charge in [0.25, 0.3) is 0 Å².